The van der Waals surface area contributed by atoms with Crippen molar-refractivity contribution in [3.63, 3.8) is 0 Å². The Morgan fingerprint density at radius 3 is 2.10 bits per heavy atom. The number of unbranched alkanes of at least 4 members (excludes halogenated alkanes) is 2. The number of ether oxygens (including phenoxy) is 3. The van der Waals surface area contributed by atoms with Gasteiger partial charge in [-0.1, -0.05) is 44.0 Å². The number of aliphatic hydroxyl groups excluding tert-OH is 1. The lowest BCUT2D eigenvalue weighted by atomic mass is 9.95. The lowest BCUT2D eigenvalue weighted by Gasteiger charge is -2.26. The molecule has 1 aliphatic rings. The molecular formula is C33H37NO6. The molecule has 0 bridgehead atoms. The summed E-state index contributed by atoms with van der Waals surface area (Å²) in [5, 5.41) is 11.4. The number of ketones is 1. The Balaban J connectivity index is 1.70. The van der Waals surface area contributed by atoms with Gasteiger partial charge in [0.15, 0.2) is 0 Å². The molecule has 3 aromatic carbocycles. The normalized spacial score (nSPS) is 16.4. The fourth-order valence-electron chi connectivity index (χ4n) is 4.72. The molecule has 210 valence electrons. The molecule has 7 heteroatoms. The lowest BCUT2D eigenvalue weighted by Crippen LogP contribution is -2.29. The van der Waals surface area contributed by atoms with Crippen molar-refractivity contribution in [3.8, 4) is 17.2 Å². The molecule has 1 amide bonds. The van der Waals surface area contributed by atoms with Crippen LogP contribution in [0.3, 0.4) is 0 Å². The van der Waals surface area contributed by atoms with E-state index in [0.717, 1.165) is 24.8 Å². The quantitative estimate of drug-likeness (QED) is 0.119. The summed E-state index contributed by atoms with van der Waals surface area (Å²) in [6.07, 6.45) is 3.18. The first-order valence-corrected chi connectivity index (χ1v) is 13.7. The van der Waals surface area contributed by atoms with E-state index in [1.807, 2.05) is 62.4 Å². The monoisotopic (exact) mass is 543 g/mol. The van der Waals surface area contributed by atoms with Gasteiger partial charge in [-0.05, 0) is 79.9 Å². The standard InChI is InChI=1S/C33H37NO6/c1-5-6-7-20-39-27-16-12-25(13-17-27)31(35)29-30(24-10-18-28(19-11-24)40-22(2)3)34(33(37)32(29)36)21-23-8-14-26(38-4)15-9-23/h8-19,22,30,35H,5-7,20-21H2,1-4H3/b31-29-. The maximum atomic E-state index is 13.4. The number of aliphatic hydroxyl groups is 1. The molecule has 1 unspecified atom stereocenters. The highest BCUT2D eigenvalue weighted by molar-refractivity contribution is 6.46. The van der Waals surface area contributed by atoms with E-state index in [4.69, 9.17) is 14.2 Å². The first-order valence-electron chi connectivity index (χ1n) is 13.7. The van der Waals surface area contributed by atoms with Crippen molar-refractivity contribution in [2.24, 2.45) is 0 Å². The van der Waals surface area contributed by atoms with Gasteiger partial charge in [0.25, 0.3) is 11.7 Å². The average Bonchev–Trinajstić information content (AvgIpc) is 3.20. The fourth-order valence-corrected chi connectivity index (χ4v) is 4.72. The molecule has 1 saturated heterocycles. The molecule has 0 aromatic heterocycles. The Labute approximate surface area is 236 Å². The number of Topliss-reactive ketones (excluding diaryl/α,β-unsaturated/α-hetero) is 1. The molecule has 7 nitrogen and oxygen atoms in total. The minimum atomic E-state index is -0.778. The van der Waals surface area contributed by atoms with Crippen molar-refractivity contribution in [3.05, 3.63) is 95.1 Å². The van der Waals surface area contributed by atoms with Crippen LogP contribution in [0.5, 0.6) is 17.2 Å². The summed E-state index contributed by atoms with van der Waals surface area (Å²) in [4.78, 5) is 28.3. The number of rotatable bonds is 12. The third kappa shape index (κ3) is 6.65. The van der Waals surface area contributed by atoms with Crippen LogP contribution in [0.1, 0.15) is 62.8 Å². The second-order valence-corrected chi connectivity index (χ2v) is 10.1. The summed E-state index contributed by atoms with van der Waals surface area (Å²) in [5.74, 6) is 0.450. The second-order valence-electron chi connectivity index (χ2n) is 10.1. The molecule has 1 heterocycles. The minimum Gasteiger partial charge on any atom is -0.507 e. The predicted octanol–water partition coefficient (Wildman–Crippen LogP) is 6.67. The second kappa shape index (κ2) is 13.2. The van der Waals surface area contributed by atoms with E-state index in [0.29, 0.717) is 35.0 Å². The van der Waals surface area contributed by atoms with Crippen molar-refractivity contribution in [1.82, 2.24) is 4.90 Å². The number of hydrogen-bond donors (Lipinski definition) is 1. The van der Waals surface area contributed by atoms with E-state index < -0.39 is 17.7 Å². The van der Waals surface area contributed by atoms with Crippen molar-refractivity contribution >= 4 is 17.4 Å². The number of benzene rings is 3. The molecule has 1 fully saturated rings. The topological polar surface area (TPSA) is 85.3 Å². The van der Waals surface area contributed by atoms with Crippen LogP contribution in [0.4, 0.5) is 0 Å². The van der Waals surface area contributed by atoms with Gasteiger partial charge in [0.05, 0.1) is 31.4 Å². The summed E-state index contributed by atoms with van der Waals surface area (Å²) in [6.45, 7) is 6.83. The van der Waals surface area contributed by atoms with Crippen LogP contribution in [-0.4, -0.2) is 41.5 Å². The molecule has 3 aromatic rings. The number of amides is 1. The van der Waals surface area contributed by atoms with Gasteiger partial charge >= 0.3 is 0 Å². The number of methoxy groups -OCH3 is 1. The highest BCUT2D eigenvalue weighted by Gasteiger charge is 2.46. The summed E-state index contributed by atoms with van der Waals surface area (Å²) in [5.41, 5.74) is 2.01. The molecule has 1 N–H and O–H groups in total. The van der Waals surface area contributed by atoms with Crippen molar-refractivity contribution in [2.75, 3.05) is 13.7 Å². The molecule has 0 saturated carbocycles. The number of carbonyl (C=O) groups is 2. The molecule has 0 aliphatic carbocycles. The van der Waals surface area contributed by atoms with Crippen LogP contribution < -0.4 is 14.2 Å². The molecule has 1 aliphatic heterocycles. The van der Waals surface area contributed by atoms with Crippen molar-refractivity contribution in [2.45, 2.75) is 58.7 Å². The van der Waals surface area contributed by atoms with Gasteiger partial charge in [0.1, 0.15) is 23.0 Å². The molecule has 0 radical (unpaired) electrons. The zero-order chi connectivity index (χ0) is 28.6. The lowest BCUT2D eigenvalue weighted by molar-refractivity contribution is -0.140. The van der Waals surface area contributed by atoms with Gasteiger partial charge in [-0.3, -0.25) is 9.59 Å². The van der Waals surface area contributed by atoms with E-state index in [1.165, 1.54) is 4.90 Å². The number of hydrogen-bond acceptors (Lipinski definition) is 6. The first-order chi connectivity index (χ1) is 19.3. The van der Waals surface area contributed by atoms with Crippen molar-refractivity contribution < 1.29 is 28.9 Å². The number of carbonyl (C=O) groups excluding carboxylic acids is 2. The van der Waals surface area contributed by atoms with E-state index in [-0.39, 0.29) is 24.0 Å². The van der Waals surface area contributed by atoms with Crippen LogP contribution in [0, 0.1) is 0 Å². The SMILES string of the molecule is CCCCCOc1ccc(/C(O)=C2/C(=O)C(=O)N(Cc3ccc(OC)cc3)C2c2ccc(OC(C)C)cc2)cc1. The Hall–Kier alpha value is -4.26. The zero-order valence-corrected chi connectivity index (χ0v) is 23.6. The summed E-state index contributed by atoms with van der Waals surface area (Å²) in [7, 11) is 1.59. The Morgan fingerprint density at radius 2 is 1.50 bits per heavy atom. The van der Waals surface area contributed by atoms with Gasteiger partial charge in [-0.2, -0.15) is 0 Å². The third-order valence-corrected chi connectivity index (χ3v) is 6.76. The average molecular weight is 544 g/mol. The molecule has 1 atom stereocenters. The van der Waals surface area contributed by atoms with Crippen molar-refractivity contribution in [1.29, 1.82) is 0 Å². The van der Waals surface area contributed by atoms with Crippen LogP contribution in [0.2, 0.25) is 0 Å². The summed E-state index contributed by atoms with van der Waals surface area (Å²) in [6, 6.07) is 20.8. The summed E-state index contributed by atoms with van der Waals surface area (Å²) >= 11 is 0. The van der Waals surface area contributed by atoms with Gasteiger partial charge in [0.2, 0.25) is 0 Å². The van der Waals surface area contributed by atoms with E-state index in [2.05, 4.69) is 6.92 Å². The van der Waals surface area contributed by atoms with Crippen LogP contribution in [0.15, 0.2) is 78.4 Å². The van der Waals surface area contributed by atoms with E-state index in [1.54, 1.807) is 31.4 Å². The maximum Gasteiger partial charge on any atom is 0.295 e. The molecule has 0 spiro atoms. The predicted molar refractivity (Wildman–Crippen MR) is 155 cm³/mol. The summed E-state index contributed by atoms with van der Waals surface area (Å²) < 4.78 is 16.8. The van der Waals surface area contributed by atoms with Gasteiger partial charge in [-0.15, -0.1) is 0 Å². The Kier molecular flexibility index (Phi) is 9.48. The Morgan fingerprint density at radius 1 is 0.875 bits per heavy atom. The molecule has 40 heavy (non-hydrogen) atoms. The van der Waals surface area contributed by atoms with Gasteiger partial charge in [0, 0.05) is 12.1 Å². The minimum absolute atomic E-state index is 0.00477. The molecular weight excluding hydrogens is 506 g/mol. The molecule has 4 rings (SSSR count). The number of likely N-dealkylation sites (tertiary alicyclic amines) is 1. The first kappa shape index (κ1) is 28.7. The van der Waals surface area contributed by atoms with Crippen LogP contribution >= 0.6 is 0 Å². The van der Waals surface area contributed by atoms with E-state index >= 15 is 0 Å². The van der Waals surface area contributed by atoms with Crippen LogP contribution in [-0.2, 0) is 16.1 Å². The highest BCUT2D eigenvalue weighted by Crippen LogP contribution is 2.41. The zero-order valence-electron chi connectivity index (χ0n) is 23.6. The smallest absolute Gasteiger partial charge is 0.295 e. The Bertz CT molecular complexity index is 1330. The number of nitrogens with zero attached hydrogens (tertiary/aromatic N) is 1. The van der Waals surface area contributed by atoms with Gasteiger partial charge < -0.3 is 24.2 Å². The largest absolute Gasteiger partial charge is 0.507 e. The fraction of sp³-hybridized carbons (Fsp3) is 0.333. The third-order valence-electron chi connectivity index (χ3n) is 6.76. The maximum absolute atomic E-state index is 13.4. The van der Waals surface area contributed by atoms with Gasteiger partial charge in [-0.25, -0.2) is 0 Å². The van der Waals surface area contributed by atoms with E-state index in [9.17, 15) is 14.7 Å². The highest BCUT2D eigenvalue weighted by atomic mass is 16.5. The van der Waals surface area contributed by atoms with Crippen LogP contribution in [0.25, 0.3) is 5.76 Å².